The summed E-state index contributed by atoms with van der Waals surface area (Å²) in [4.78, 5) is 12.0. The number of carbonyl (C=O) groups excluding carboxylic acids is 1. The highest BCUT2D eigenvalue weighted by atomic mass is 35.5. The molecule has 0 bridgehead atoms. The van der Waals surface area contributed by atoms with Gasteiger partial charge in [-0.15, -0.1) is 0 Å². The Balaban J connectivity index is 2.03. The Kier molecular flexibility index (Phi) is 5.63. The second-order valence-corrected chi connectivity index (χ2v) is 7.24. The van der Waals surface area contributed by atoms with Crippen LogP contribution in [-0.4, -0.2) is 27.1 Å². The van der Waals surface area contributed by atoms with Crippen molar-refractivity contribution in [1.82, 2.24) is 4.72 Å². The van der Waals surface area contributed by atoms with Crippen LogP contribution in [0.5, 0.6) is 0 Å². The summed E-state index contributed by atoms with van der Waals surface area (Å²) in [5.74, 6) is -0.651. The number of hydrogen-bond acceptors (Lipinski definition) is 4. The van der Waals surface area contributed by atoms with Crippen molar-refractivity contribution in [3.63, 3.8) is 0 Å². The number of amides is 1. The average Bonchev–Trinajstić information content (AvgIpc) is 2.48. The van der Waals surface area contributed by atoms with E-state index in [1.807, 2.05) is 29.0 Å². The maximum absolute atomic E-state index is 12.0. The number of halogens is 1. The Morgan fingerprint density at radius 2 is 1.74 bits per heavy atom. The number of sulfonamides is 1. The maximum atomic E-state index is 12.0. The normalized spacial score (nSPS) is 11.0. The van der Waals surface area contributed by atoms with E-state index in [1.54, 1.807) is 24.3 Å². The molecule has 23 heavy (non-hydrogen) atoms. The van der Waals surface area contributed by atoms with Crippen LogP contribution in [0, 0.1) is 0 Å². The van der Waals surface area contributed by atoms with Gasteiger partial charge in [-0.25, -0.2) is 13.1 Å². The van der Waals surface area contributed by atoms with E-state index in [0.717, 1.165) is 18.2 Å². The van der Waals surface area contributed by atoms with Crippen LogP contribution < -0.4 is 10.0 Å². The fourth-order valence-corrected chi connectivity index (χ4v) is 2.62. The zero-order valence-corrected chi connectivity index (χ0v) is 14.1. The maximum Gasteiger partial charge on any atom is 0.266 e. The summed E-state index contributed by atoms with van der Waals surface area (Å²) in [5, 5.41) is 3.84. The minimum Gasteiger partial charge on any atom is -0.384 e. The molecule has 5 nitrogen and oxygen atoms in total. The first-order chi connectivity index (χ1) is 10.8. The lowest BCUT2D eigenvalue weighted by Gasteiger charge is -2.11. The molecule has 0 aliphatic heterocycles. The van der Waals surface area contributed by atoms with Crippen LogP contribution in [0.15, 0.2) is 48.5 Å². The predicted octanol–water partition coefficient (Wildman–Crippen LogP) is 2.68. The lowest BCUT2D eigenvalue weighted by atomic mass is 10.1. The van der Waals surface area contributed by atoms with Crippen molar-refractivity contribution < 1.29 is 13.2 Å². The highest BCUT2D eigenvalue weighted by Gasteiger charge is 2.14. The van der Waals surface area contributed by atoms with Crippen molar-refractivity contribution in [2.24, 2.45) is 0 Å². The molecule has 1 amide bonds. The highest BCUT2D eigenvalue weighted by molar-refractivity contribution is 7.89. The Hall–Kier alpha value is -2.05. The van der Waals surface area contributed by atoms with Crippen LogP contribution in [0.1, 0.15) is 15.9 Å². The zero-order valence-electron chi connectivity index (χ0n) is 12.5. The molecule has 0 saturated carbocycles. The summed E-state index contributed by atoms with van der Waals surface area (Å²) in [6, 6.07) is 14.3. The number of anilines is 1. The van der Waals surface area contributed by atoms with Crippen molar-refractivity contribution in [3.05, 3.63) is 64.7 Å². The van der Waals surface area contributed by atoms with Gasteiger partial charge in [-0.3, -0.25) is 4.79 Å². The van der Waals surface area contributed by atoms with Gasteiger partial charge in [-0.2, -0.15) is 0 Å². The molecule has 0 unspecified atom stereocenters. The molecule has 0 fully saturated rings. The van der Waals surface area contributed by atoms with Crippen molar-refractivity contribution >= 4 is 33.2 Å². The van der Waals surface area contributed by atoms with E-state index in [4.69, 9.17) is 11.6 Å². The third kappa shape index (κ3) is 5.58. The Morgan fingerprint density at radius 1 is 1.09 bits per heavy atom. The van der Waals surface area contributed by atoms with Crippen LogP contribution in [0.4, 0.5) is 5.69 Å². The monoisotopic (exact) mass is 352 g/mol. The predicted molar refractivity (Wildman–Crippen MR) is 92.4 cm³/mol. The van der Waals surface area contributed by atoms with Crippen molar-refractivity contribution in [2.75, 3.05) is 18.1 Å². The molecule has 2 rings (SSSR count). The van der Waals surface area contributed by atoms with Gasteiger partial charge in [0.05, 0.1) is 11.8 Å². The van der Waals surface area contributed by atoms with Gasteiger partial charge in [0.25, 0.3) is 5.91 Å². The first-order valence-electron chi connectivity index (χ1n) is 6.94. The second kappa shape index (κ2) is 7.48. The minimum atomic E-state index is -3.60. The van der Waals surface area contributed by atoms with E-state index in [1.165, 1.54) is 0 Å². The second-order valence-electron chi connectivity index (χ2n) is 5.05. The van der Waals surface area contributed by atoms with Gasteiger partial charge in [0.1, 0.15) is 0 Å². The molecule has 0 aliphatic rings. The van der Waals surface area contributed by atoms with E-state index in [-0.39, 0.29) is 5.56 Å². The van der Waals surface area contributed by atoms with Gasteiger partial charge in [0, 0.05) is 17.3 Å². The van der Waals surface area contributed by atoms with Gasteiger partial charge < -0.3 is 5.32 Å². The molecule has 0 heterocycles. The van der Waals surface area contributed by atoms with Crippen LogP contribution in [-0.2, 0) is 16.4 Å². The number of rotatable bonds is 6. The number of hydrogen-bond donors (Lipinski definition) is 2. The largest absolute Gasteiger partial charge is 0.384 e. The quantitative estimate of drug-likeness (QED) is 0.838. The topological polar surface area (TPSA) is 75.3 Å². The molecule has 7 heteroatoms. The fourth-order valence-electron chi connectivity index (χ4n) is 2.05. The molecule has 0 aliphatic carbocycles. The molecule has 2 aromatic carbocycles. The third-order valence-corrected chi connectivity index (χ3v) is 3.90. The summed E-state index contributed by atoms with van der Waals surface area (Å²) >= 11 is 5.84. The first kappa shape index (κ1) is 17.3. The van der Waals surface area contributed by atoms with Crippen LogP contribution in [0.2, 0.25) is 5.02 Å². The Bertz CT molecular complexity index is 789. The van der Waals surface area contributed by atoms with Gasteiger partial charge in [-0.05, 0) is 36.2 Å². The van der Waals surface area contributed by atoms with Gasteiger partial charge in [-0.1, -0.05) is 35.9 Å². The molecule has 2 aromatic rings. The highest BCUT2D eigenvalue weighted by Crippen LogP contribution is 2.16. The summed E-state index contributed by atoms with van der Waals surface area (Å²) in [7, 11) is -3.60. The van der Waals surface area contributed by atoms with E-state index >= 15 is 0 Å². The molecule has 0 aromatic heterocycles. The van der Waals surface area contributed by atoms with Gasteiger partial charge >= 0.3 is 0 Å². The van der Waals surface area contributed by atoms with E-state index in [0.29, 0.717) is 17.3 Å². The van der Waals surface area contributed by atoms with E-state index < -0.39 is 15.9 Å². The molecule has 0 atom stereocenters. The smallest absolute Gasteiger partial charge is 0.266 e. The molecular weight excluding hydrogens is 336 g/mol. The summed E-state index contributed by atoms with van der Waals surface area (Å²) in [5.41, 5.74) is 1.98. The number of carbonyl (C=O) groups is 1. The standard InChI is InChI=1S/C16H17ClN2O3S/c1-23(21,22)19-16(20)14-4-2-3-5-15(14)18-11-10-12-6-8-13(17)9-7-12/h2-9,18H,10-11H2,1H3,(H,19,20). The van der Waals surface area contributed by atoms with E-state index in [2.05, 4.69) is 5.32 Å². The molecule has 122 valence electrons. The van der Waals surface area contributed by atoms with Crippen LogP contribution in [0.25, 0.3) is 0 Å². The van der Waals surface area contributed by atoms with E-state index in [9.17, 15) is 13.2 Å². The molecular formula is C16H17ClN2O3S. The fraction of sp³-hybridized carbons (Fsp3) is 0.188. The van der Waals surface area contributed by atoms with Gasteiger partial charge in [0.15, 0.2) is 0 Å². The van der Waals surface area contributed by atoms with Crippen LogP contribution >= 0.6 is 11.6 Å². The van der Waals surface area contributed by atoms with Gasteiger partial charge in [0.2, 0.25) is 10.0 Å². The SMILES string of the molecule is CS(=O)(=O)NC(=O)c1ccccc1NCCc1ccc(Cl)cc1. The molecule has 2 N–H and O–H groups in total. The summed E-state index contributed by atoms with van der Waals surface area (Å²) < 4.78 is 24.3. The van der Waals surface area contributed by atoms with Crippen molar-refractivity contribution in [3.8, 4) is 0 Å². The Labute approximate surface area is 140 Å². The average molecular weight is 353 g/mol. The summed E-state index contributed by atoms with van der Waals surface area (Å²) in [6.07, 6.45) is 1.70. The molecule has 0 saturated heterocycles. The lowest BCUT2D eigenvalue weighted by molar-refractivity contribution is 0.0982. The Morgan fingerprint density at radius 3 is 2.39 bits per heavy atom. The van der Waals surface area contributed by atoms with Crippen LogP contribution in [0.3, 0.4) is 0 Å². The lowest BCUT2D eigenvalue weighted by Crippen LogP contribution is -2.30. The zero-order chi connectivity index (χ0) is 16.9. The minimum absolute atomic E-state index is 0.286. The first-order valence-corrected chi connectivity index (χ1v) is 9.21. The third-order valence-electron chi connectivity index (χ3n) is 3.09. The summed E-state index contributed by atoms with van der Waals surface area (Å²) in [6.45, 7) is 0.602. The molecule has 0 spiro atoms. The van der Waals surface area contributed by atoms with Crippen molar-refractivity contribution in [1.29, 1.82) is 0 Å². The molecule has 0 radical (unpaired) electrons. The number of benzene rings is 2. The van der Waals surface area contributed by atoms with Crippen molar-refractivity contribution in [2.45, 2.75) is 6.42 Å². The number of nitrogens with one attached hydrogen (secondary N) is 2. The number of para-hydroxylation sites is 1.